The zero-order valence-electron chi connectivity index (χ0n) is 13.0. The Balaban J connectivity index is 1.54. The second kappa shape index (κ2) is 6.58. The molecule has 1 amide bonds. The first-order valence-electron chi connectivity index (χ1n) is 8.43. The average molecular weight is 290 g/mol. The fraction of sp³-hybridized carbons (Fsp3) is 0.812. The number of carbonyl (C=O) groups is 1. The third-order valence-corrected chi connectivity index (χ3v) is 5.06. The van der Waals surface area contributed by atoms with Crippen molar-refractivity contribution in [3.63, 3.8) is 0 Å². The van der Waals surface area contributed by atoms with Crippen LogP contribution < -0.4 is 0 Å². The number of carbonyl (C=O) groups excluding carboxylic acids is 1. The van der Waals surface area contributed by atoms with Crippen molar-refractivity contribution in [2.75, 3.05) is 13.1 Å². The maximum absolute atomic E-state index is 12.6. The van der Waals surface area contributed by atoms with Crippen molar-refractivity contribution in [1.82, 2.24) is 19.7 Å². The van der Waals surface area contributed by atoms with Crippen molar-refractivity contribution < 1.29 is 4.79 Å². The maximum Gasteiger partial charge on any atom is 0.225 e. The summed E-state index contributed by atoms with van der Waals surface area (Å²) < 4.78 is 2.10. The van der Waals surface area contributed by atoms with E-state index in [4.69, 9.17) is 0 Å². The predicted octanol–water partition coefficient (Wildman–Crippen LogP) is 2.27. The Hall–Kier alpha value is -1.39. The average Bonchev–Trinajstić information content (AvgIpc) is 3.17. The monoisotopic (exact) mass is 290 g/mol. The lowest BCUT2D eigenvalue weighted by molar-refractivity contribution is -0.135. The third-order valence-electron chi connectivity index (χ3n) is 5.06. The summed E-state index contributed by atoms with van der Waals surface area (Å²) in [6.07, 6.45) is 9.82. The number of aryl methyl sites for hydroxylation is 1. The van der Waals surface area contributed by atoms with Gasteiger partial charge >= 0.3 is 0 Å². The first-order valence-corrected chi connectivity index (χ1v) is 8.43. The van der Waals surface area contributed by atoms with E-state index in [0.717, 1.165) is 51.1 Å². The predicted molar refractivity (Wildman–Crippen MR) is 80.7 cm³/mol. The number of hydrogen-bond acceptors (Lipinski definition) is 3. The molecule has 5 nitrogen and oxygen atoms in total. The minimum atomic E-state index is 0.303. The van der Waals surface area contributed by atoms with E-state index >= 15 is 0 Å². The van der Waals surface area contributed by atoms with E-state index in [1.54, 1.807) is 6.33 Å². The van der Waals surface area contributed by atoms with Gasteiger partial charge in [0.1, 0.15) is 12.2 Å². The Bertz CT molecular complexity index is 478. The summed E-state index contributed by atoms with van der Waals surface area (Å²) in [4.78, 5) is 14.7. The molecule has 1 saturated carbocycles. The van der Waals surface area contributed by atoms with Gasteiger partial charge < -0.3 is 9.47 Å². The number of aromatic nitrogens is 3. The molecule has 1 saturated heterocycles. The van der Waals surface area contributed by atoms with Gasteiger partial charge in [0, 0.05) is 32.0 Å². The lowest BCUT2D eigenvalue weighted by atomic mass is 9.88. The Morgan fingerprint density at radius 3 is 2.86 bits per heavy atom. The smallest absolute Gasteiger partial charge is 0.225 e. The van der Waals surface area contributed by atoms with Crippen molar-refractivity contribution >= 4 is 5.91 Å². The van der Waals surface area contributed by atoms with E-state index in [9.17, 15) is 4.79 Å². The highest BCUT2D eigenvalue weighted by molar-refractivity contribution is 5.79. The fourth-order valence-corrected chi connectivity index (χ4v) is 3.77. The summed E-state index contributed by atoms with van der Waals surface area (Å²) in [5.41, 5.74) is 0. The zero-order valence-corrected chi connectivity index (χ0v) is 13.0. The molecule has 116 valence electrons. The van der Waals surface area contributed by atoms with Crippen molar-refractivity contribution in [1.29, 1.82) is 0 Å². The minimum Gasteiger partial charge on any atom is -0.342 e. The second-order valence-corrected chi connectivity index (χ2v) is 6.51. The SMILES string of the molecule is CCn1cnnc1CC1CCN(C(=O)C2CCCCC2)C1. The molecule has 1 aliphatic heterocycles. The van der Waals surface area contributed by atoms with Crippen LogP contribution in [-0.4, -0.2) is 38.7 Å². The Kier molecular flexibility index (Phi) is 4.56. The highest BCUT2D eigenvalue weighted by atomic mass is 16.2. The van der Waals surface area contributed by atoms with Gasteiger partial charge in [-0.3, -0.25) is 4.79 Å². The summed E-state index contributed by atoms with van der Waals surface area (Å²) in [7, 11) is 0. The molecule has 1 unspecified atom stereocenters. The standard InChI is InChI=1S/C16H26N4O/c1-2-19-12-17-18-15(19)10-13-8-9-20(11-13)16(21)14-6-4-3-5-7-14/h12-14H,2-11H2,1H3. The van der Waals surface area contributed by atoms with Crippen molar-refractivity contribution in [2.24, 2.45) is 11.8 Å². The van der Waals surface area contributed by atoms with Crippen LogP contribution in [-0.2, 0) is 17.8 Å². The fourth-order valence-electron chi connectivity index (χ4n) is 3.77. The summed E-state index contributed by atoms with van der Waals surface area (Å²) in [6, 6.07) is 0. The normalized spacial score (nSPS) is 23.7. The topological polar surface area (TPSA) is 51.0 Å². The van der Waals surface area contributed by atoms with E-state index < -0.39 is 0 Å². The number of hydrogen-bond donors (Lipinski definition) is 0. The maximum atomic E-state index is 12.6. The van der Waals surface area contributed by atoms with Gasteiger partial charge in [-0.05, 0) is 32.1 Å². The molecule has 0 bridgehead atoms. The van der Waals surface area contributed by atoms with Crippen LogP contribution in [0.2, 0.25) is 0 Å². The molecular formula is C16H26N4O. The number of nitrogens with zero attached hydrogens (tertiary/aromatic N) is 4. The molecule has 1 atom stereocenters. The summed E-state index contributed by atoms with van der Waals surface area (Å²) in [6.45, 7) is 4.87. The van der Waals surface area contributed by atoms with Gasteiger partial charge in [0.25, 0.3) is 0 Å². The quantitative estimate of drug-likeness (QED) is 0.854. The number of likely N-dealkylation sites (tertiary alicyclic amines) is 1. The van der Waals surface area contributed by atoms with Gasteiger partial charge in [0.05, 0.1) is 0 Å². The molecule has 0 radical (unpaired) electrons. The summed E-state index contributed by atoms with van der Waals surface area (Å²) in [5.74, 6) is 2.33. The molecule has 1 aromatic rings. The molecule has 3 rings (SSSR count). The van der Waals surface area contributed by atoms with Gasteiger partial charge in [-0.2, -0.15) is 0 Å². The highest BCUT2D eigenvalue weighted by Crippen LogP contribution is 2.28. The molecule has 2 aliphatic rings. The molecule has 0 spiro atoms. The van der Waals surface area contributed by atoms with Crippen molar-refractivity contribution in [3.8, 4) is 0 Å². The van der Waals surface area contributed by atoms with Crippen LogP contribution in [0.5, 0.6) is 0 Å². The number of rotatable bonds is 4. The zero-order chi connectivity index (χ0) is 14.7. The molecule has 1 aliphatic carbocycles. The van der Waals surface area contributed by atoms with Crippen molar-refractivity contribution in [2.45, 2.75) is 58.4 Å². The summed E-state index contributed by atoms with van der Waals surface area (Å²) in [5, 5.41) is 8.21. The molecule has 21 heavy (non-hydrogen) atoms. The van der Waals surface area contributed by atoms with E-state index in [1.807, 2.05) is 0 Å². The van der Waals surface area contributed by atoms with Crippen LogP contribution in [0.3, 0.4) is 0 Å². The Morgan fingerprint density at radius 2 is 2.10 bits per heavy atom. The largest absolute Gasteiger partial charge is 0.342 e. The van der Waals surface area contributed by atoms with E-state index in [0.29, 0.717) is 17.7 Å². The molecule has 2 heterocycles. The van der Waals surface area contributed by atoms with Crippen LogP contribution in [0, 0.1) is 11.8 Å². The lowest BCUT2D eigenvalue weighted by Gasteiger charge is -2.26. The molecule has 5 heteroatoms. The van der Waals surface area contributed by atoms with Gasteiger partial charge in [-0.1, -0.05) is 19.3 Å². The lowest BCUT2D eigenvalue weighted by Crippen LogP contribution is -2.35. The van der Waals surface area contributed by atoms with E-state index in [-0.39, 0.29) is 0 Å². The molecule has 0 N–H and O–H groups in total. The van der Waals surface area contributed by atoms with Gasteiger partial charge in [0.15, 0.2) is 0 Å². The van der Waals surface area contributed by atoms with Gasteiger partial charge in [-0.15, -0.1) is 10.2 Å². The van der Waals surface area contributed by atoms with E-state index in [1.165, 1.54) is 19.3 Å². The van der Waals surface area contributed by atoms with Crippen molar-refractivity contribution in [3.05, 3.63) is 12.2 Å². The van der Waals surface area contributed by atoms with Crippen LogP contribution in [0.1, 0.15) is 51.3 Å². The molecular weight excluding hydrogens is 264 g/mol. The second-order valence-electron chi connectivity index (χ2n) is 6.51. The van der Waals surface area contributed by atoms with Crippen LogP contribution >= 0.6 is 0 Å². The molecule has 1 aromatic heterocycles. The Labute approximate surface area is 126 Å². The first kappa shape index (κ1) is 14.5. The molecule has 2 fully saturated rings. The van der Waals surface area contributed by atoms with E-state index in [2.05, 4.69) is 26.6 Å². The summed E-state index contributed by atoms with van der Waals surface area (Å²) >= 11 is 0. The molecule has 0 aromatic carbocycles. The first-order chi connectivity index (χ1) is 10.3. The highest BCUT2D eigenvalue weighted by Gasteiger charge is 2.32. The van der Waals surface area contributed by atoms with Gasteiger partial charge in [-0.25, -0.2) is 0 Å². The van der Waals surface area contributed by atoms with Crippen LogP contribution in [0.15, 0.2) is 6.33 Å². The Morgan fingerprint density at radius 1 is 1.29 bits per heavy atom. The third kappa shape index (κ3) is 3.27. The minimum absolute atomic E-state index is 0.303. The number of amides is 1. The van der Waals surface area contributed by atoms with Crippen LogP contribution in [0.25, 0.3) is 0 Å². The van der Waals surface area contributed by atoms with Crippen LogP contribution in [0.4, 0.5) is 0 Å². The van der Waals surface area contributed by atoms with Gasteiger partial charge in [0.2, 0.25) is 5.91 Å².